The second-order valence-electron chi connectivity index (χ2n) is 6.49. The van der Waals surface area contributed by atoms with Crippen molar-refractivity contribution in [3.05, 3.63) is 0 Å². The van der Waals surface area contributed by atoms with E-state index in [4.69, 9.17) is 5.73 Å². The Morgan fingerprint density at radius 1 is 1.04 bits per heavy atom. The minimum atomic E-state index is -3.48. The van der Waals surface area contributed by atoms with E-state index in [0.717, 1.165) is 0 Å². The second kappa shape index (κ2) is 7.14. The molecule has 2 aliphatic heterocycles. The first-order chi connectivity index (χ1) is 10.7. The Balaban J connectivity index is 1.97. The van der Waals surface area contributed by atoms with Gasteiger partial charge < -0.3 is 10.6 Å². The molecule has 23 heavy (non-hydrogen) atoms. The van der Waals surface area contributed by atoms with E-state index in [0.29, 0.717) is 45.3 Å². The fourth-order valence-corrected chi connectivity index (χ4v) is 4.42. The number of nitrogens with zero attached hydrogens (tertiary/aromatic N) is 3. The van der Waals surface area contributed by atoms with Crippen LogP contribution in [0.1, 0.15) is 25.7 Å². The molecule has 0 bridgehead atoms. The molecule has 1 unspecified atom stereocenters. The van der Waals surface area contributed by atoms with E-state index < -0.39 is 10.2 Å². The molecule has 2 amide bonds. The standard InChI is InChI=1S/C14H26N4O4S/c1-16(2)23(21,22)18-7-3-4-12(10-18)14(20)17-8-5-11(6-9-17)13(15)19/h11-12H,3-10H2,1-2H3,(H2,15,19). The van der Waals surface area contributed by atoms with E-state index >= 15 is 0 Å². The zero-order chi connectivity index (χ0) is 17.2. The normalized spacial score (nSPS) is 24.8. The lowest BCUT2D eigenvalue weighted by Crippen LogP contribution is -2.51. The van der Waals surface area contributed by atoms with Gasteiger partial charge in [0.2, 0.25) is 11.8 Å². The molecule has 132 valence electrons. The number of likely N-dealkylation sites (tertiary alicyclic amines) is 1. The van der Waals surface area contributed by atoms with Crippen LogP contribution in [0.25, 0.3) is 0 Å². The zero-order valence-electron chi connectivity index (χ0n) is 13.8. The average Bonchev–Trinajstić information content (AvgIpc) is 2.54. The second-order valence-corrected chi connectivity index (χ2v) is 8.63. The van der Waals surface area contributed by atoms with Crippen LogP contribution in [0, 0.1) is 11.8 Å². The van der Waals surface area contributed by atoms with Gasteiger partial charge in [-0.05, 0) is 25.7 Å². The summed E-state index contributed by atoms with van der Waals surface area (Å²) in [6.07, 6.45) is 2.57. The summed E-state index contributed by atoms with van der Waals surface area (Å²) in [7, 11) is -0.492. The Hall–Kier alpha value is -1.19. The smallest absolute Gasteiger partial charge is 0.281 e. The molecule has 9 heteroatoms. The van der Waals surface area contributed by atoms with Crippen molar-refractivity contribution >= 4 is 22.0 Å². The fourth-order valence-electron chi connectivity index (χ4n) is 3.23. The van der Waals surface area contributed by atoms with Crippen molar-refractivity contribution in [3.63, 3.8) is 0 Å². The van der Waals surface area contributed by atoms with Crippen molar-refractivity contribution in [1.82, 2.24) is 13.5 Å². The first-order valence-electron chi connectivity index (χ1n) is 7.99. The van der Waals surface area contributed by atoms with E-state index in [1.807, 2.05) is 0 Å². The van der Waals surface area contributed by atoms with Gasteiger partial charge in [-0.1, -0.05) is 0 Å². The number of primary amides is 1. The van der Waals surface area contributed by atoms with Crippen LogP contribution < -0.4 is 5.73 Å². The number of nitrogens with two attached hydrogens (primary N) is 1. The van der Waals surface area contributed by atoms with Gasteiger partial charge in [-0.3, -0.25) is 9.59 Å². The molecule has 2 rings (SSSR count). The Morgan fingerprint density at radius 3 is 2.17 bits per heavy atom. The number of piperidine rings is 2. The number of amides is 2. The maximum atomic E-state index is 12.6. The van der Waals surface area contributed by atoms with Crippen LogP contribution in [0.5, 0.6) is 0 Å². The third kappa shape index (κ3) is 4.02. The average molecular weight is 346 g/mol. The van der Waals surface area contributed by atoms with E-state index in [1.165, 1.54) is 22.7 Å². The van der Waals surface area contributed by atoms with Crippen LogP contribution in [0.4, 0.5) is 0 Å². The van der Waals surface area contributed by atoms with Gasteiger partial charge in [0, 0.05) is 46.2 Å². The van der Waals surface area contributed by atoms with Gasteiger partial charge in [0.1, 0.15) is 0 Å². The Bertz CT molecular complexity index is 555. The Kier molecular flexibility index (Phi) is 5.64. The summed E-state index contributed by atoms with van der Waals surface area (Å²) in [6, 6.07) is 0. The quantitative estimate of drug-likeness (QED) is 0.721. The van der Waals surface area contributed by atoms with Crippen LogP contribution in [-0.2, 0) is 19.8 Å². The number of hydrogen-bond acceptors (Lipinski definition) is 4. The summed E-state index contributed by atoms with van der Waals surface area (Å²) < 4.78 is 27.0. The number of hydrogen-bond donors (Lipinski definition) is 1. The van der Waals surface area contributed by atoms with E-state index in [2.05, 4.69) is 0 Å². The molecule has 0 aromatic rings. The van der Waals surface area contributed by atoms with Crippen LogP contribution in [0.15, 0.2) is 0 Å². The van der Waals surface area contributed by atoms with Crippen molar-refractivity contribution in [3.8, 4) is 0 Å². The molecule has 0 radical (unpaired) electrons. The van der Waals surface area contributed by atoms with Crippen LogP contribution in [-0.4, -0.2) is 74.0 Å². The summed E-state index contributed by atoms with van der Waals surface area (Å²) in [5.41, 5.74) is 5.31. The molecular formula is C14H26N4O4S. The lowest BCUT2D eigenvalue weighted by Gasteiger charge is -2.37. The zero-order valence-corrected chi connectivity index (χ0v) is 14.6. The molecule has 0 saturated carbocycles. The van der Waals surface area contributed by atoms with Gasteiger partial charge in [-0.15, -0.1) is 0 Å². The van der Waals surface area contributed by atoms with Crippen molar-refractivity contribution in [2.24, 2.45) is 17.6 Å². The SMILES string of the molecule is CN(C)S(=O)(=O)N1CCCC(C(=O)N2CCC(C(N)=O)CC2)C1. The van der Waals surface area contributed by atoms with Crippen LogP contribution in [0.3, 0.4) is 0 Å². The molecular weight excluding hydrogens is 320 g/mol. The molecule has 2 fully saturated rings. The molecule has 2 heterocycles. The van der Waals surface area contributed by atoms with Crippen molar-refractivity contribution in [2.75, 3.05) is 40.3 Å². The highest BCUT2D eigenvalue weighted by molar-refractivity contribution is 7.86. The highest BCUT2D eigenvalue weighted by Crippen LogP contribution is 2.24. The summed E-state index contributed by atoms with van der Waals surface area (Å²) >= 11 is 0. The van der Waals surface area contributed by atoms with Crippen molar-refractivity contribution in [2.45, 2.75) is 25.7 Å². The van der Waals surface area contributed by atoms with Gasteiger partial charge in [0.05, 0.1) is 5.92 Å². The summed E-state index contributed by atoms with van der Waals surface area (Å²) in [4.78, 5) is 25.6. The number of rotatable bonds is 4. The third-order valence-electron chi connectivity index (χ3n) is 4.73. The summed E-state index contributed by atoms with van der Waals surface area (Å²) in [6.45, 7) is 1.72. The highest BCUT2D eigenvalue weighted by atomic mass is 32.2. The summed E-state index contributed by atoms with van der Waals surface area (Å²) in [5, 5.41) is 0. The number of carbonyl (C=O) groups excluding carboxylic acids is 2. The fraction of sp³-hybridized carbons (Fsp3) is 0.857. The monoisotopic (exact) mass is 346 g/mol. The van der Waals surface area contributed by atoms with E-state index in [1.54, 1.807) is 4.90 Å². The third-order valence-corrected chi connectivity index (χ3v) is 6.64. The lowest BCUT2D eigenvalue weighted by atomic mass is 9.93. The first-order valence-corrected chi connectivity index (χ1v) is 9.39. The summed E-state index contributed by atoms with van der Waals surface area (Å²) in [5.74, 6) is -0.774. The van der Waals surface area contributed by atoms with Gasteiger partial charge >= 0.3 is 0 Å². The largest absolute Gasteiger partial charge is 0.369 e. The predicted octanol–water partition coefficient (Wildman–Crippen LogP) is -0.771. The van der Waals surface area contributed by atoms with Crippen molar-refractivity contribution in [1.29, 1.82) is 0 Å². The Morgan fingerprint density at radius 2 is 1.65 bits per heavy atom. The van der Waals surface area contributed by atoms with Gasteiger partial charge in [0.15, 0.2) is 0 Å². The molecule has 8 nitrogen and oxygen atoms in total. The predicted molar refractivity (Wildman–Crippen MR) is 85.4 cm³/mol. The highest BCUT2D eigenvalue weighted by Gasteiger charge is 2.36. The maximum Gasteiger partial charge on any atom is 0.281 e. The van der Waals surface area contributed by atoms with Crippen molar-refractivity contribution < 1.29 is 18.0 Å². The van der Waals surface area contributed by atoms with E-state index in [-0.39, 0.29) is 30.2 Å². The molecule has 0 aromatic heterocycles. The van der Waals surface area contributed by atoms with Crippen LogP contribution in [0.2, 0.25) is 0 Å². The van der Waals surface area contributed by atoms with Crippen LogP contribution >= 0.6 is 0 Å². The molecule has 2 aliphatic rings. The van der Waals surface area contributed by atoms with Gasteiger partial charge in [-0.25, -0.2) is 0 Å². The van der Waals surface area contributed by atoms with Gasteiger partial charge in [-0.2, -0.15) is 17.0 Å². The topological polar surface area (TPSA) is 104 Å². The number of carbonyl (C=O) groups is 2. The molecule has 2 N–H and O–H groups in total. The maximum absolute atomic E-state index is 12.6. The lowest BCUT2D eigenvalue weighted by molar-refractivity contribution is -0.139. The minimum Gasteiger partial charge on any atom is -0.369 e. The molecule has 0 spiro atoms. The molecule has 0 aliphatic carbocycles. The van der Waals surface area contributed by atoms with Gasteiger partial charge in [0.25, 0.3) is 10.2 Å². The Labute approximate surface area is 137 Å². The molecule has 1 atom stereocenters. The molecule has 2 saturated heterocycles. The molecule has 0 aromatic carbocycles. The van der Waals surface area contributed by atoms with E-state index in [9.17, 15) is 18.0 Å². The first kappa shape index (κ1) is 18.2. The minimum absolute atomic E-state index is 0.00780.